The summed E-state index contributed by atoms with van der Waals surface area (Å²) in [6.07, 6.45) is 0.711. The molecule has 1 aromatic rings. The molecule has 0 aromatic heterocycles. The number of ether oxygens (including phenoxy) is 2. The summed E-state index contributed by atoms with van der Waals surface area (Å²) in [5.74, 6) is 1.12. The second-order valence-electron chi connectivity index (χ2n) is 6.80. The smallest absolute Gasteiger partial charge is 0.224 e. The number of methoxy groups -OCH3 is 2. The van der Waals surface area contributed by atoms with Gasteiger partial charge in [0.1, 0.15) is 0 Å². The lowest BCUT2D eigenvalue weighted by molar-refractivity contribution is -0.123. The summed E-state index contributed by atoms with van der Waals surface area (Å²) in [4.78, 5) is 23.6. The van der Waals surface area contributed by atoms with E-state index in [1.165, 1.54) is 0 Å². The summed E-state index contributed by atoms with van der Waals surface area (Å²) in [5, 5.41) is 5.59. The Kier molecular flexibility index (Phi) is 7.55. The van der Waals surface area contributed by atoms with Crippen molar-refractivity contribution in [3.8, 4) is 11.5 Å². The van der Waals surface area contributed by atoms with Crippen LogP contribution in [0.4, 0.5) is 0 Å². The third-order valence-electron chi connectivity index (χ3n) is 3.27. The van der Waals surface area contributed by atoms with Gasteiger partial charge in [-0.25, -0.2) is 0 Å². The topological polar surface area (TPSA) is 76.7 Å². The van der Waals surface area contributed by atoms with Crippen LogP contribution in [0.25, 0.3) is 0 Å². The van der Waals surface area contributed by atoms with Crippen molar-refractivity contribution in [2.24, 2.45) is 5.41 Å². The molecule has 0 saturated carbocycles. The van der Waals surface area contributed by atoms with Gasteiger partial charge in [-0.3, -0.25) is 9.59 Å². The number of hydrogen-bond donors (Lipinski definition) is 2. The van der Waals surface area contributed by atoms with E-state index in [-0.39, 0.29) is 23.7 Å². The molecular weight excluding hydrogens is 308 g/mol. The van der Waals surface area contributed by atoms with Gasteiger partial charge in [0.15, 0.2) is 11.5 Å². The van der Waals surface area contributed by atoms with Crippen LogP contribution in [0.1, 0.15) is 32.8 Å². The van der Waals surface area contributed by atoms with E-state index in [2.05, 4.69) is 10.6 Å². The second-order valence-corrected chi connectivity index (χ2v) is 6.80. The number of benzene rings is 1. The van der Waals surface area contributed by atoms with E-state index in [4.69, 9.17) is 9.47 Å². The Hall–Kier alpha value is -2.24. The fourth-order valence-electron chi connectivity index (χ4n) is 2.19. The predicted molar refractivity (Wildman–Crippen MR) is 93.3 cm³/mol. The van der Waals surface area contributed by atoms with E-state index in [1.807, 2.05) is 26.8 Å². The largest absolute Gasteiger partial charge is 0.493 e. The van der Waals surface area contributed by atoms with Crippen LogP contribution < -0.4 is 20.1 Å². The first kappa shape index (κ1) is 19.8. The Balaban J connectivity index is 2.35. The average molecular weight is 336 g/mol. The quantitative estimate of drug-likeness (QED) is 0.711. The molecule has 0 heterocycles. The summed E-state index contributed by atoms with van der Waals surface area (Å²) in [7, 11) is 3.13. The van der Waals surface area contributed by atoms with Gasteiger partial charge in [0.25, 0.3) is 0 Å². The van der Waals surface area contributed by atoms with Gasteiger partial charge in [-0.1, -0.05) is 26.8 Å². The fraction of sp³-hybridized carbons (Fsp3) is 0.556. The van der Waals surface area contributed by atoms with Crippen molar-refractivity contribution in [2.75, 3.05) is 27.3 Å². The molecule has 0 aliphatic rings. The predicted octanol–water partition coefficient (Wildman–Crippen LogP) is 1.91. The Morgan fingerprint density at radius 1 is 0.958 bits per heavy atom. The molecule has 1 aromatic carbocycles. The Morgan fingerprint density at radius 2 is 1.54 bits per heavy atom. The van der Waals surface area contributed by atoms with E-state index < -0.39 is 0 Å². The standard InChI is InChI=1S/C18H28N2O4/c1-18(2,3)12-17(22)20-9-8-19-16(21)11-13-6-7-14(23-4)15(10-13)24-5/h6-7,10H,8-9,11-12H2,1-5H3,(H,19,21)(H,20,22). The van der Waals surface area contributed by atoms with Crippen LogP contribution in [0.5, 0.6) is 11.5 Å². The molecule has 0 spiro atoms. The first-order valence-corrected chi connectivity index (χ1v) is 7.99. The average Bonchev–Trinajstić information content (AvgIpc) is 2.49. The Labute approximate surface area is 143 Å². The molecule has 0 fully saturated rings. The Bertz CT molecular complexity index is 565. The normalized spacial score (nSPS) is 10.9. The van der Waals surface area contributed by atoms with Crippen LogP contribution in [-0.4, -0.2) is 39.1 Å². The van der Waals surface area contributed by atoms with E-state index in [0.29, 0.717) is 31.0 Å². The van der Waals surface area contributed by atoms with Crippen LogP contribution in [0.3, 0.4) is 0 Å². The molecule has 1 rings (SSSR count). The minimum atomic E-state index is -0.104. The van der Waals surface area contributed by atoms with Gasteiger partial charge in [0.2, 0.25) is 11.8 Å². The van der Waals surface area contributed by atoms with Crippen molar-refractivity contribution in [1.82, 2.24) is 10.6 Å². The van der Waals surface area contributed by atoms with Gasteiger partial charge in [0, 0.05) is 19.5 Å². The van der Waals surface area contributed by atoms with Gasteiger partial charge in [-0.2, -0.15) is 0 Å². The number of rotatable bonds is 8. The van der Waals surface area contributed by atoms with E-state index in [0.717, 1.165) is 5.56 Å². The maximum Gasteiger partial charge on any atom is 0.224 e. The van der Waals surface area contributed by atoms with Crippen molar-refractivity contribution in [1.29, 1.82) is 0 Å². The fourth-order valence-corrected chi connectivity index (χ4v) is 2.19. The molecule has 0 aliphatic heterocycles. The van der Waals surface area contributed by atoms with Gasteiger partial charge in [-0.05, 0) is 23.1 Å². The molecule has 0 aliphatic carbocycles. The molecule has 0 bridgehead atoms. The molecule has 6 heteroatoms. The number of hydrogen-bond acceptors (Lipinski definition) is 4. The molecule has 0 atom stereocenters. The summed E-state index contributed by atoms with van der Waals surface area (Å²) >= 11 is 0. The van der Waals surface area contributed by atoms with Crippen LogP contribution in [0.2, 0.25) is 0 Å². The highest BCUT2D eigenvalue weighted by atomic mass is 16.5. The van der Waals surface area contributed by atoms with Crippen molar-refractivity contribution in [3.63, 3.8) is 0 Å². The maximum absolute atomic E-state index is 11.9. The lowest BCUT2D eigenvalue weighted by Gasteiger charge is -2.17. The minimum absolute atomic E-state index is 0.00311. The highest BCUT2D eigenvalue weighted by Crippen LogP contribution is 2.27. The molecule has 2 N–H and O–H groups in total. The van der Waals surface area contributed by atoms with Crippen molar-refractivity contribution in [3.05, 3.63) is 23.8 Å². The third-order valence-corrected chi connectivity index (χ3v) is 3.27. The number of amides is 2. The van der Waals surface area contributed by atoms with Crippen LogP contribution in [0, 0.1) is 5.41 Å². The number of carbonyl (C=O) groups is 2. The monoisotopic (exact) mass is 336 g/mol. The first-order valence-electron chi connectivity index (χ1n) is 7.99. The molecule has 2 amide bonds. The zero-order valence-electron chi connectivity index (χ0n) is 15.2. The van der Waals surface area contributed by atoms with Crippen molar-refractivity contribution >= 4 is 11.8 Å². The van der Waals surface area contributed by atoms with E-state index in [9.17, 15) is 9.59 Å². The van der Waals surface area contributed by atoms with Crippen molar-refractivity contribution < 1.29 is 19.1 Å². The lowest BCUT2D eigenvalue weighted by Crippen LogP contribution is -2.36. The molecule has 0 unspecified atom stereocenters. The molecule has 0 saturated heterocycles. The van der Waals surface area contributed by atoms with Crippen LogP contribution in [-0.2, 0) is 16.0 Å². The van der Waals surface area contributed by atoms with Gasteiger partial charge in [0.05, 0.1) is 20.6 Å². The van der Waals surface area contributed by atoms with E-state index >= 15 is 0 Å². The number of carbonyl (C=O) groups excluding carboxylic acids is 2. The van der Waals surface area contributed by atoms with Crippen molar-refractivity contribution in [2.45, 2.75) is 33.6 Å². The Morgan fingerprint density at radius 3 is 2.08 bits per heavy atom. The summed E-state index contributed by atoms with van der Waals surface area (Å²) < 4.78 is 10.4. The summed E-state index contributed by atoms with van der Waals surface area (Å²) in [5.41, 5.74) is 0.794. The van der Waals surface area contributed by atoms with Gasteiger partial charge < -0.3 is 20.1 Å². The highest BCUT2D eigenvalue weighted by molar-refractivity contribution is 5.79. The third kappa shape index (κ3) is 7.35. The van der Waals surface area contributed by atoms with Crippen LogP contribution >= 0.6 is 0 Å². The maximum atomic E-state index is 11.9. The zero-order valence-corrected chi connectivity index (χ0v) is 15.2. The SMILES string of the molecule is COc1ccc(CC(=O)NCCNC(=O)CC(C)(C)C)cc1OC. The van der Waals surface area contributed by atoms with Gasteiger partial charge >= 0.3 is 0 Å². The molecule has 6 nitrogen and oxygen atoms in total. The zero-order chi connectivity index (χ0) is 18.2. The van der Waals surface area contributed by atoms with E-state index in [1.54, 1.807) is 26.4 Å². The van der Waals surface area contributed by atoms with Gasteiger partial charge in [-0.15, -0.1) is 0 Å². The summed E-state index contributed by atoms with van der Waals surface area (Å²) in [6.45, 7) is 6.86. The second kappa shape index (κ2) is 9.15. The minimum Gasteiger partial charge on any atom is -0.493 e. The lowest BCUT2D eigenvalue weighted by atomic mass is 9.92. The molecule has 24 heavy (non-hydrogen) atoms. The molecule has 0 radical (unpaired) electrons. The molecule has 134 valence electrons. The first-order chi connectivity index (χ1) is 11.2. The summed E-state index contributed by atoms with van der Waals surface area (Å²) in [6, 6.07) is 5.38. The number of nitrogens with one attached hydrogen (secondary N) is 2. The molecular formula is C18H28N2O4. The van der Waals surface area contributed by atoms with Crippen LogP contribution in [0.15, 0.2) is 18.2 Å². The highest BCUT2D eigenvalue weighted by Gasteiger charge is 2.15.